The number of nitrogens with zero attached hydrogens (tertiary/aromatic N) is 1. The molecule has 0 aliphatic heterocycles. The molecule has 0 aromatic rings. The van der Waals surface area contributed by atoms with Gasteiger partial charge in [-0.05, 0) is 33.4 Å². The zero-order valence-corrected chi connectivity index (χ0v) is 10.2. The SMILES string of the molecule is CCN(CCOC)CCC(C)(C)C(=O)O. The summed E-state index contributed by atoms with van der Waals surface area (Å²) in [7, 11) is 1.68. The van der Waals surface area contributed by atoms with Crippen molar-refractivity contribution >= 4 is 5.97 Å². The lowest BCUT2D eigenvalue weighted by Gasteiger charge is -2.25. The zero-order valence-electron chi connectivity index (χ0n) is 10.2. The van der Waals surface area contributed by atoms with Gasteiger partial charge in [0, 0.05) is 13.7 Å². The lowest BCUT2D eigenvalue weighted by molar-refractivity contribution is -0.147. The van der Waals surface area contributed by atoms with Gasteiger partial charge in [-0.1, -0.05) is 6.92 Å². The number of carbonyl (C=O) groups is 1. The molecule has 0 heterocycles. The molecule has 0 spiro atoms. The van der Waals surface area contributed by atoms with Crippen molar-refractivity contribution < 1.29 is 14.6 Å². The van der Waals surface area contributed by atoms with Crippen LogP contribution in [0.25, 0.3) is 0 Å². The van der Waals surface area contributed by atoms with Crippen molar-refractivity contribution in [3.8, 4) is 0 Å². The van der Waals surface area contributed by atoms with E-state index in [1.54, 1.807) is 21.0 Å². The molecule has 0 rings (SSSR count). The molecule has 0 unspecified atom stereocenters. The molecular formula is C11H23NO3. The first-order valence-corrected chi connectivity index (χ1v) is 5.38. The maximum absolute atomic E-state index is 10.9. The minimum atomic E-state index is -0.731. The number of hydrogen-bond acceptors (Lipinski definition) is 3. The average Bonchev–Trinajstić information content (AvgIpc) is 2.18. The molecule has 0 aliphatic carbocycles. The predicted molar refractivity (Wildman–Crippen MR) is 60.0 cm³/mol. The molecule has 0 saturated heterocycles. The van der Waals surface area contributed by atoms with Gasteiger partial charge in [-0.25, -0.2) is 0 Å². The number of aliphatic carboxylic acids is 1. The number of carboxylic acid groups (broad SMARTS) is 1. The van der Waals surface area contributed by atoms with Crippen molar-refractivity contribution in [3.05, 3.63) is 0 Å². The maximum Gasteiger partial charge on any atom is 0.309 e. The van der Waals surface area contributed by atoms with Crippen LogP contribution < -0.4 is 0 Å². The van der Waals surface area contributed by atoms with Gasteiger partial charge >= 0.3 is 5.97 Å². The van der Waals surface area contributed by atoms with Crippen LogP contribution in [-0.2, 0) is 9.53 Å². The Morgan fingerprint density at radius 3 is 2.40 bits per heavy atom. The van der Waals surface area contributed by atoms with Crippen LogP contribution >= 0.6 is 0 Å². The summed E-state index contributed by atoms with van der Waals surface area (Å²) in [4.78, 5) is 13.1. The highest BCUT2D eigenvalue weighted by molar-refractivity contribution is 5.73. The molecule has 0 aromatic carbocycles. The minimum absolute atomic E-state index is 0.638. The Hall–Kier alpha value is -0.610. The van der Waals surface area contributed by atoms with Crippen LogP contribution in [0, 0.1) is 5.41 Å². The van der Waals surface area contributed by atoms with Crippen LogP contribution in [0.1, 0.15) is 27.2 Å². The van der Waals surface area contributed by atoms with E-state index in [4.69, 9.17) is 9.84 Å². The van der Waals surface area contributed by atoms with Crippen LogP contribution in [0.4, 0.5) is 0 Å². The smallest absolute Gasteiger partial charge is 0.309 e. The number of methoxy groups -OCH3 is 1. The van der Waals surface area contributed by atoms with Crippen molar-refractivity contribution in [1.82, 2.24) is 4.90 Å². The molecule has 4 heteroatoms. The van der Waals surface area contributed by atoms with E-state index in [9.17, 15) is 4.79 Å². The van der Waals surface area contributed by atoms with Gasteiger partial charge < -0.3 is 14.7 Å². The van der Waals surface area contributed by atoms with Gasteiger partial charge in [-0.15, -0.1) is 0 Å². The van der Waals surface area contributed by atoms with Gasteiger partial charge in [0.25, 0.3) is 0 Å². The van der Waals surface area contributed by atoms with Crippen molar-refractivity contribution in [2.45, 2.75) is 27.2 Å². The van der Waals surface area contributed by atoms with E-state index in [1.165, 1.54) is 0 Å². The highest BCUT2D eigenvalue weighted by Crippen LogP contribution is 2.20. The molecule has 0 aromatic heterocycles. The second-order valence-electron chi connectivity index (χ2n) is 4.37. The fourth-order valence-electron chi connectivity index (χ4n) is 1.19. The number of likely N-dealkylation sites (N-methyl/N-ethyl adjacent to an activating group) is 1. The second kappa shape index (κ2) is 6.80. The summed E-state index contributed by atoms with van der Waals surface area (Å²) in [6.45, 7) is 8.89. The lowest BCUT2D eigenvalue weighted by atomic mass is 9.89. The Bertz CT molecular complexity index is 192. The van der Waals surface area contributed by atoms with E-state index in [2.05, 4.69) is 11.8 Å². The normalized spacial score (nSPS) is 12.1. The molecule has 0 saturated carbocycles. The minimum Gasteiger partial charge on any atom is -0.481 e. The van der Waals surface area contributed by atoms with Crippen molar-refractivity contribution in [3.63, 3.8) is 0 Å². The molecule has 0 atom stereocenters. The molecule has 90 valence electrons. The van der Waals surface area contributed by atoms with Gasteiger partial charge in [0.15, 0.2) is 0 Å². The van der Waals surface area contributed by atoms with E-state index in [0.29, 0.717) is 13.0 Å². The second-order valence-corrected chi connectivity index (χ2v) is 4.37. The van der Waals surface area contributed by atoms with Crippen LogP contribution in [0.2, 0.25) is 0 Å². The zero-order chi connectivity index (χ0) is 11.9. The highest BCUT2D eigenvalue weighted by Gasteiger charge is 2.27. The van der Waals surface area contributed by atoms with E-state index < -0.39 is 11.4 Å². The summed E-state index contributed by atoms with van der Waals surface area (Å²) in [6, 6.07) is 0. The molecule has 0 bridgehead atoms. The Morgan fingerprint density at radius 2 is 2.00 bits per heavy atom. The molecule has 0 radical (unpaired) electrons. The first-order chi connectivity index (χ1) is 6.94. The van der Waals surface area contributed by atoms with Crippen LogP contribution in [-0.4, -0.2) is 49.3 Å². The summed E-state index contributed by atoms with van der Waals surface area (Å²) in [5.41, 5.74) is -0.638. The molecule has 1 N–H and O–H groups in total. The van der Waals surface area contributed by atoms with E-state index in [-0.39, 0.29) is 0 Å². The standard InChI is InChI=1S/C11H23NO3/c1-5-12(8-9-15-4)7-6-11(2,3)10(13)14/h5-9H2,1-4H3,(H,13,14). The number of ether oxygens (including phenoxy) is 1. The van der Waals surface area contributed by atoms with Crippen LogP contribution in [0.5, 0.6) is 0 Å². The topological polar surface area (TPSA) is 49.8 Å². The molecule has 0 fully saturated rings. The average molecular weight is 217 g/mol. The number of rotatable bonds is 8. The maximum atomic E-state index is 10.9. The van der Waals surface area contributed by atoms with Crippen molar-refractivity contribution in [2.24, 2.45) is 5.41 Å². The van der Waals surface area contributed by atoms with Gasteiger partial charge in [0.05, 0.1) is 12.0 Å². The molecule has 4 nitrogen and oxygen atoms in total. The fourth-order valence-corrected chi connectivity index (χ4v) is 1.19. The monoisotopic (exact) mass is 217 g/mol. The molecular weight excluding hydrogens is 194 g/mol. The van der Waals surface area contributed by atoms with Gasteiger partial charge in [0.2, 0.25) is 0 Å². The van der Waals surface area contributed by atoms with E-state index >= 15 is 0 Å². The largest absolute Gasteiger partial charge is 0.481 e. The highest BCUT2D eigenvalue weighted by atomic mass is 16.5. The Kier molecular flexibility index (Phi) is 6.52. The first kappa shape index (κ1) is 14.4. The number of hydrogen-bond donors (Lipinski definition) is 1. The van der Waals surface area contributed by atoms with Crippen molar-refractivity contribution in [2.75, 3.05) is 33.4 Å². The van der Waals surface area contributed by atoms with Crippen LogP contribution in [0.3, 0.4) is 0 Å². The third-order valence-electron chi connectivity index (χ3n) is 2.69. The first-order valence-electron chi connectivity index (χ1n) is 5.38. The quantitative estimate of drug-likeness (QED) is 0.668. The van der Waals surface area contributed by atoms with Crippen LogP contribution in [0.15, 0.2) is 0 Å². The third kappa shape index (κ3) is 5.74. The Labute approximate surface area is 92.2 Å². The molecule has 0 aliphatic rings. The molecule has 0 amide bonds. The fraction of sp³-hybridized carbons (Fsp3) is 0.909. The summed E-state index contributed by atoms with van der Waals surface area (Å²) in [5, 5.41) is 8.96. The number of carboxylic acids is 1. The third-order valence-corrected chi connectivity index (χ3v) is 2.69. The van der Waals surface area contributed by atoms with Gasteiger partial charge in [-0.2, -0.15) is 0 Å². The van der Waals surface area contributed by atoms with Gasteiger partial charge in [-0.3, -0.25) is 4.79 Å². The Morgan fingerprint density at radius 1 is 1.40 bits per heavy atom. The predicted octanol–water partition coefficient (Wildman–Crippen LogP) is 1.46. The summed E-state index contributed by atoms with van der Waals surface area (Å²) >= 11 is 0. The van der Waals surface area contributed by atoms with E-state index in [0.717, 1.165) is 19.6 Å². The summed E-state index contributed by atoms with van der Waals surface area (Å²) < 4.78 is 5.00. The lowest BCUT2D eigenvalue weighted by Crippen LogP contribution is -2.33. The van der Waals surface area contributed by atoms with Crippen molar-refractivity contribution in [1.29, 1.82) is 0 Å². The van der Waals surface area contributed by atoms with Gasteiger partial charge in [0.1, 0.15) is 0 Å². The molecule has 15 heavy (non-hydrogen) atoms. The van der Waals surface area contributed by atoms with E-state index in [1.807, 2.05) is 0 Å². The summed E-state index contributed by atoms with van der Waals surface area (Å²) in [6.07, 6.45) is 0.667. The summed E-state index contributed by atoms with van der Waals surface area (Å²) in [5.74, 6) is -0.731. The Balaban J connectivity index is 3.94.